The summed E-state index contributed by atoms with van der Waals surface area (Å²) in [5.74, 6) is 0.701. The molecule has 1 aliphatic heterocycles. The fourth-order valence-electron chi connectivity index (χ4n) is 5.18. The molecule has 2 aliphatic rings. The van der Waals surface area contributed by atoms with Crippen LogP contribution in [0.4, 0.5) is 5.95 Å². The number of aromatic nitrogens is 2. The lowest BCUT2D eigenvalue weighted by Crippen LogP contribution is -2.23. The quantitative estimate of drug-likeness (QED) is 0.435. The number of fused-ring (bicyclic) bond motifs is 2. The average Bonchev–Trinajstić information content (AvgIpc) is 3.32. The number of benzene rings is 1. The molecular formula is C30H38N4. The lowest BCUT2D eigenvalue weighted by molar-refractivity contribution is 0.427. The van der Waals surface area contributed by atoms with Crippen molar-refractivity contribution < 1.29 is 0 Å². The smallest absolute Gasteiger partial charge is 0.234 e. The number of imidazole rings is 1. The first-order valence-electron chi connectivity index (χ1n) is 12.2. The molecule has 0 spiro atoms. The van der Waals surface area contributed by atoms with Gasteiger partial charge in [0, 0.05) is 36.6 Å². The first kappa shape index (κ1) is 24.0. The van der Waals surface area contributed by atoms with Crippen LogP contribution in [0.5, 0.6) is 0 Å². The summed E-state index contributed by atoms with van der Waals surface area (Å²) < 4.78 is 2.05. The van der Waals surface area contributed by atoms with Gasteiger partial charge in [-0.1, -0.05) is 64.3 Å². The molecule has 34 heavy (non-hydrogen) atoms. The standard InChI is InChI=1S/C30H38N4/c1-19(2)17-23-9-13-27(33-29-31-15-16-34(23)29)22(5)32-28-14-12-25-21(4)24(10-11-26(25)28)20(3)18-30(6,7)8/h9-11,15-16,28,32H,1,3,5,12-14,17-18H2,2,4,6-8H3/t28-/m0/s1. The van der Waals surface area contributed by atoms with E-state index in [4.69, 9.17) is 4.99 Å². The van der Waals surface area contributed by atoms with Crippen molar-refractivity contribution in [3.63, 3.8) is 0 Å². The number of nitrogens with one attached hydrogen (secondary N) is 1. The Bertz CT molecular complexity index is 1210. The molecule has 1 N–H and O–H groups in total. The first-order valence-corrected chi connectivity index (χ1v) is 12.2. The number of rotatable bonds is 7. The highest BCUT2D eigenvalue weighted by molar-refractivity contribution is 6.02. The van der Waals surface area contributed by atoms with Crippen LogP contribution in [-0.4, -0.2) is 15.3 Å². The maximum atomic E-state index is 4.86. The average molecular weight is 455 g/mol. The van der Waals surface area contributed by atoms with E-state index in [1.165, 1.54) is 27.8 Å². The molecule has 1 aromatic heterocycles. The van der Waals surface area contributed by atoms with Crippen molar-refractivity contribution in [2.45, 2.75) is 72.8 Å². The summed E-state index contributed by atoms with van der Waals surface area (Å²) in [5.41, 5.74) is 11.1. The van der Waals surface area contributed by atoms with Gasteiger partial charge < -0.3 is 5.32 Å². The summed E-state index contributed by atoms with van der Waals surface area (Å²) in [5, 5.41) is 3.69. The van der Waals surface area contributed by atoms with E-state index in [0.717, 1.165) is 54.8 Å². The zero-order valence-corrected chi connectivity index (χ0v) is 21.5. The van der Waals surface area contributed by atoms with Crippen molar-refractivity contribution in [3.05, 3.63) is 83.9 Å². The molecular weight excluding hydrogens is 416 g/mol. The maximum absolute atomic E-state index is 4.86. The van der Waals surface area contributed by atoms with Crippen molar-refractivity contribution in [2.24, 2.45) is 10.4 Å². The Morgan fingerprint density at radius 2 is 1.97 bits per heavy atom. The van der Waals surface area contributed by atoms with E-state index in [9.17, 15) is 0 Å². The second kappa shape index (κ2) is 9.25. The molecule has 0 unspecified atom stereocenters. The van der Waals surface area contributed by atoms with E-state index in [0.29, 0.717) is 5.95 Å². The summed E-state index contributed by atoms with van der Waals surface area (Å²) >= 11 is 0. The highest BCUT2D eigenvalue weighted by Gasteiger charge is 2.27. The van der Waals surface area contributed by atoms with E-state index < -0.39 is 0 Å². The first-order chi connectivity index (χ1) is 16.0. The van der Waals surface area contributed by atoms with Gasteiger partial charge in [0.1, 0.15) is 0 Å². The number of allylic oxidation sites excluding steroid dienone is 5. The number of hydrogen-bond acceptors (Lipinski definition) is 3. The van der Waals surface area contributed by atoms with E-state index in [1.54, 1.807) is 6.20 Å². The normalized spacial score (nSPS) is 17.3. The molecule has 2 heterocycles. The fourth-order valence-corrected chi connectivity index (χ4v) is 5.18. The molecule has 0 saturated heterocycles. The third-order valence-electron chi connectivity index (χ3n) is 6.69. The fraction of sp³-hybridized carbons (Fsp3) is 0.400. The molecule has 4 heteroatoms. The molecule has 0 amide bonds. The van der Waals surface area contributed by atoms with Crippen molar-refractivity contribution in [3.8, 4) is 0 Å². The molecule has 1 aliphatic carbocycles. The van der Waals surface area contributed by atoms with Crippen LogP contribution in [0.2, 0.25) is 0 Å². The van der Waals surface area contributed by atoms with Crippen LogP contribution in [-0.2, 0) is 6.42 Å². The molecule has 4 nitrogen and oxygen atoms in total. The third-order valence-corrected chi connectivity index (χ3v) is 6.69. The minimum Gasteiger partial charge on any atom is -0.377 e. The molecule has 178 valence electrons. The highest BCUT2D eigenvalue weighted by Crippen LogP contribution is 2.39. The predicted molar refractivity (Wildman–Crippen MR) is 145 cm³/mol. The summed E-state index contributed by atoms with van der Waals surface area (Å²) in [6.45, 7) is 24.0. The molecule has 2 aromatic rings. The zero-order chi connectivity index (χ0) is 24.6. The summed E-state index contributed by atoms with van der Waals surface area (Å²) in [4.78, 5) is 9.32. The molecule has 0 bridgehead atoms. The van der Waals surface area contributed by atoms with Crippen molar-refractivity contribution in [1.82, 2.24) is 14.9 Å². The number of hydrogen-bond donors (Lipinski definition) is 1. The third kappa shape index (κ3) is 5.01. The van der Waals surface area contributed by atoms with Gasteiger partial charge in [-0.05, 0) is 66.4 Å². The SMILES string of the molecule is C=C(C)CC1=CCC(C(=C)N[C@H]2CCc3c2ccc(C(=C)CC(C)(C)C)c3C)=Nc2nccn21. The second-order valence-corrected chi connectivity index (χ2v) is 11.1. The van der Waals surface area contributed by atoms with Gasteiger partial charge in [0.2, 0.25) is 5.95 Å². The van der Waals surface area contributed by atoms with Crippen molar-refractivity contribution in [2.75, 3.05) is 0 Å². The van der Waals surface area contributed by atoms with Crippen LogP contribution >= 0.6 is 0 Å². The Kier molecular flexibility index (Phi) is 6.53. The highest BCUT2D eigenvalue weighted by atomic mass is 15.2. The monoisotopic (exact) mass is 454 g/mol. The molecule has 4 rings (SSSR count). The van der Waals surface area contributed by atoms with Gasteiger partial charge in [0.05, 0.1) is 11.8 Å². The van der Waals surface area contributed by atoms with E-state index in [2.05, 4.69) is 80.5 Å². The van der Waals surface area contributed by atoms with Crippen LogP contribution in [0.3, 0.4) is 0 Å². The number of aliphatic imine (C=N–C) groups is 1. The largest absolute Gasteiger partial charge is 0.377 e. The van der Waals surface area contributed by atoms with Gasteiger partial charge in [-0.3, -0.25) is 4.57 Å². The van der Waals surface area contributed by atoms with Crippen LogP contribution < -0.4 is 5.32 Å². The lowest BCUT2D eigenvalue weighted by atomic mass is 9.83. The summed E-state index contributed by atoms with van der Waals surface area (Å²) in [6, 6.07) is 4.80. The van der Waals surface area contributed by atoms with Crippen molar-refractivity contribution in [1.29, 1.82) is 0 Å². The minimum atomic E-state index is 0.233. The molecule has 1 aromatic carbocycles. The Labute approximate surface area is 204 Å². The molecule has 0 saturated carbocycles. The topological polar surface area (TPSA) is 42.2 Å². The van der Waals surface area contributed by atoms with Crippen LogP contribution in [0, 0.1) is 12.3 Å². The van der Waals surface area contributed by atoms with E-state index in [-0.39, 0.29) is 11.5 Å². The Morgan fingerprint density at radius 3 is 2.68 bits per heavy atom. The van der Waals surface area contributed by atoms with Crippen LogP contribution in [0.25, 0.3) is 11.3 Å². The summed E-state index contributed by atoms with van der Waals surface area (Å²) in [6.07, 6.45) is 10.6. The Morgan fingerprint density at radius 1 is 1.21 bits per heavy atom. The van der Waals surface area contributed by atoms with E-state index >= 15 is 0 Å². The van der Waals surface area contributed by atoms with Crippen LogP contribution in [0.15, 0.2) is 66.6 Å². The van der Waals surface area contributed by atoms with Gasteiger partial charge in [-0.15, -0.1) is 0 Å². The molecule has 0 radical (unpaired) electrons. The Hall–Kier alpha value is -3.14. The number of nitrogens with zero attached hydrogens (tertiary/aromatic N) is 3. The maximum Gasteiger partial charge on any atom is 0.234 e. The van der Waals surface area contributed by atoms with Gasteiger partial charge in [-0.25, -0.2) is 9.98 Å². The van der Waals surface area contributed by atoms with Gasteiger partial charge in [0.25, 0.3) is 0 Å². The second-order valence-electron chi connectivity index (χ2n) is 11.1. The van der Waals surface area contributed by atoms with Gasteiger partial charge >= 0.3 is 0 Å². The molecule has 0 fully saturated rings. The zero-order valence-electron chi connectivity index (χ0n) is 21.5. The lowest BCUT2D eigenvalue weighted by Gasteiger charge is -2.23. The van der Waals surface area contributed by atoms with Gasteiger partial charge in [-0.2, -0.15) is 0 Å². The van der Waals surface area contributed by atoms with Crippen molar-refractivity contribution >= 4 is 22.9 Å². The van der Waals surface area contributed by atoms with E-state index in [1.807, 2.05) is 13.1 Å². The Balaban J connectivity index is 1.53. The minimum absolute atomic E-state index is 0.233. The van der Waals surface area contributed by atoms with Crippen LogP contribution in [0.1, 0.15) is 81.7 Å². The summed E-state index contributed by atoms with van der Waals surface area (Å²) in [7, 11) is 0. The van der Waals surface area contributed by atoms with Gasteiger partial charge in [0.15, 0.2) is 0 Å². The predicted octanol–water partition coefficient (Wildman–Crippen LogP) is 7.72. The molecule has 1 atom stereocenters.